The molecule has 0 fully saturated rings. The highest BCUT2D eigenvalue weighted by Crippen LogP contribution is 2.24. The largest absolute Gasteiger partial charge is 0.395 e. The number of aryl methyl sites for hydroxylation is 1. The third-order valence-electron chi connectivity index (χ3n) is 3.63. The van der Waals surface area contributed by atoms with E-state index in [1.165, 1.54) is 4.31 Å². The molecule has 0 aliphatic rings. The number of sulfonamides is 1. The minimum atomic E-state index is -3.78. The van der Waals surface area contributed by atoms with Crippen molar-refractivity contribution in [3.63, 3.8) is 0 Å². The summed E-state index contributed by atoms with van der Waals surface area (Å²) < 4.78 is 27.3. The number of rotatable bonds is 8. The van der Waals surface area contributed by atoms with Crippen molar-refractivity contribution in [2.75, 3.05) is 24.0 Å². The van der Waals surface area contributed by atoms with Gasteiger partial charge < -0.3 is 10.4 Å². The molecule has 25 heavy (non-hydrogen) atoms. The first-order valence-electron chi connectivity index (χ1n) is 7.97. The zero-order valence-electron chi connectivity index (χ0n) is 14.1. The van der Waals surface area contributed by atoms with Crippen molar-refractivity contribution in [1.82, 2.24) is 5.32 Å². The zero-order chi connectivity index (χ0) is 18.3. The molecule has 0 heterocycles. The highest BCUT2D eigenvalue weighted by Gasteiger charge is 2.25. The van der Waals surface area contributed by atoms with E-state index in [0.29, 0.717) is 5.69 Å². The Kier molecular flexibility index (Phi) is 6.55. The summed E-state index contributed by atoms with van der Waals surface area (Å²) in [5.74, 6) is -0.311. The summed E-state index contributed by atoms with van der Waals surface area (Å²) in [7, 11) is -3.78. The molecule has 2 rings (SSSR count). The van der Waals surface area contributed by atoms with Crippen molar-refractivity contribution in [1.29, 1.82) is 0 Å². The van der Waals surface area contributed by atoms with Gasteiger partial charge in [-0.2, -0.15) is 0 Å². The summed E-state index contributed by atoms with van der Waals surface area (Å²) in [6, 6.07) is 15.3. The maximum absolute atomic E-state index is 13.0. The molecule has 2 N–H and O–H groups in total. The normalized spacial score (nSPS) is 11.1. The molecule has 0 saturated heterocycles. The van der Waals surface area contributed by atoms with Crippen LogP contribution >= 0.6 is 0 Å². The molecule has 0 aromatic heterocycles. The molecule has 0 aliphatic heterocycles. The topological polar surface area (TPSA) is 86.7 Å². The Bertz CT molecular complexity index is 790. The second kappa shape index (κ2) is 8.64. The number of aliphatic hydroxyl groups excluding tert-OH is 1. The van der Waals surface area contributed by atoms with Gasteiger partial charge in [0.25, 0.3) is 10.0 Å². The van der Waals surface area contributed by atoms with Gasteiger partial charge in [0.1, 0.15) is 0 Å². The summed E-state index contributed by atoms with van der Waals surface area (Å²) in [6.07, 6.45) is -0.0000143. The number of para-hydroxylation sites is 1. The van der Waals surface area contributed by atoms with E-state index in [4.69, 9.17) is 5.11 Å². The van der Waals surface area contributed by atoms with Crippen molar-refractivity contribution in [3.8, 4) is 0 Å². The summed E-state index contributed by atoms with van der Waals surface area (Å²) >= 11 is 0. The number of hydrogen-bond donors (Lipinski definition) is 2. The van der Waals surface area contributed by atoms with Crippen LogP contribution in [0.1, 0.15) is 12.0 Å². The first kappa shape index (κ1) is 19.0. The van der Waals surface area contributed by atoms with Crippen LogP contribution in [0.2, 0.25) is 0 Å². The number of hydrogen-bond acceptors (Lipinski definition) is 4. The Morgan fingerprint density at radius 3 is 2.32 bits per heavy atom. The van der Waals surface area contributed by atoms with E-state index in [1.54, 1.807) is 54.6 Å². The van der Waals surface area contributed by atoms with Crippen molar-refractivity contribution >= 4 is 21.6 Å². The fourth-order valence-electron chi connectivity index (χ4n) is 2.31. The average molecular weight is 362 g/mol. The van der Waals surface area contributed by atoms with Crippen LogP contribution < -0.4 is 9.62 Å². The van der Waals surface area contributed by atoms with Gasteiger partial charge in [-0.25, -0.2) is 8.42 Å². The van der Waals surface area contributed by atoms with Crippen LogP contribution in [0.3, 0.4) is 0 Å². The molecule has 0 bridgehead atoms. The third kappa shape index (κ3) is 5.04. The van der Waals surface area contributed by atoms with Crippen LogP contribution in [0.4, 0.5) is 5.69 Å². The Labute approximate surface area is 148 Å². The van der Waals surface area contributed by atoms with Crippen LogP contribution in [0.25, 0.3) is 0 Å². The van der Waals surface area contributed by atoms with Gasteiger partial charge in [0.2, 0.25) is 5.91 Å². The fraction of sp³-hybridized carbons (Fsp3) is 0.278. The number of carbonyl (C=O) groups is 1. The van der Waals surface area contributed by atoms with E-state index in [9.17, 15) is 13.2 Å². The lowest BCUT2D eigenvalue weighted by molar-refractivity contribution is -0.121. The quantitative estimate of drug-likeness (QED) is 0.748. The second-order valence-electron chi connectivity index (χ2n) is 5.55. The van der Waals surface area contributed by atoms with Crippen molar-refractivity contribution in [3.05, 3.63) is 60.2 Å². The number of amides is 1. The van der Waals surface area contributed by atoms with Gasteiger partial charge >= 0.3 is 0 Å². The molecule has 0 spiro atoms. The molecule has 0 aliphatic carbocycles. The molecule has 2 aromatic carbocycles. The van der Waals surface area contributed by atoms with E-state index in [-0.39, 0.29) is 36.9 Å². The number of nitrogens with zero attached hydrogens (tertiary/aromatic N) is 1. The zero-order valence-corrected chi connectivity index (χ0v) is 14.9. The maximum atomic E-state index is 13.0. The van der Waals surface area contributed by atoms with Crippen LogP contribution in [-0.2, 0) is 14.8 Å². The number of benzene rings is 2. The molecule has 134 valence electrons. The molecule has 0 radical (unpaired) electrons. The smallest absolute Gasteiger partial charge is 0.264 e. The summed E-state index contributed by atoms with van der Waals surface area (Å²) in [4.78, 5) is 12.0. The van der Waals surface area contributed by atoms with Crippen molar-refractivity contribution in [2.24, 2.45) is 0 Å². The van der Waals surface area contributed by atoms with Gasteiger partial charge in [0.15, 0.2) is 0 Å². The monoisotopic (exact) mass is 362 g/mol. The minimum absolute atomic E-state index is 0.0000143. The lowest BCUT2D eigenvalue weighted by Gasteiger charge is -2.24. The van der Waals surface area contributed by atoms with E-state index in [1.807, 2.05) is 6.92 Å². The number of anilines is 1. The predicted molar refractivity (Wildman–Crippen MR) is 96.9 cm³/mol. The molecule has 1 amide bonds. The lowest BCUT2D eigenvalue weighted by atomic mass is 10.2. The molecule has 2 aromatic rings. The lowest BCUT2D eigenvalue weighted by Crippen LogP contribution is -2.36. The van der Waals surface area contributed by atoms with Gasteiger partial charge in [0.05, 0.1) is 17.2 Å². The minimum Gasteiger partial charge on any atom is -0.395 e. The first-order chi connectivity index (χ1) is 11.9. The summed E-state index contributed by atoms with van der Waals surface area (Å²) in [5.41, 5.74) is 1.46. The van der Waals surface area contributed by atoms with Gasteiger partial charge in [-0.15, -0.1) is 0 Å². The van der Waals surface area contributed by atoms with Gasteiger partial charge in [-0.1, -0.05) is 35.9 Å². The number of aliphatic hydroxyl groups is 1. The molecule has 0 saturated carbocycles. The van der Waals surface area contributed by atoms with Crippen molar-refractivity contribution in [2.45, 2.75) is 18.2 Å². The SMILES string of the molecule is Cc1ccc(S(=O)(=O)N(CCC(=O)NCCO)c2ccccc2)cc1. The summed E-state index contributed by atoms with van der Waals surface area (Å²) in [6.45, 7) is 1.89. The van der Waals surface area contributed by atoms with Gasteiger partial charge in [-0.3, -0.25) is 9.10 Å². The fourth-order valence-corrected chi connectivity index (χ4v) is 3.77. The standard InChI is InChI=1S/C18H22N2O4S/c1-15-7-9-17(10-8-15)25(23,24)20(16-5-3-2-4-6-16)13-11-18(22)19-12-14-21/h2-10,21H,11-14H2,1H3,(H,19,22). The second-order valence-corrected chi connectivity index (χ2v) is 7.41. The Morgan fingerprint density at radius 2 is 1.72 bits per heavy atom. The summed E-state index contributed by atoms with van der Waals surface area (Å²) in [5, 5.41) is 11.3. The highest BCUT2D eigenvalue weighted by molar-refractivity contribution is 7.92. The van der Waals surface area contributed by atoms with Gasteiger partial charge in [0, 0.05) is 19.5 Å². The first-order valence-corrected chi connectivity index (χ1v) is 9.41. The number of carbonyl (C=O) groups excluding carboxylic acids is 1. The van der Waals surface area contributed by atoms with E-state index < -0.39 is 10.0 Å². The molecular formula is C18H22N2O4S. The van der Waals surface area contributed by atoms with Crippen LogP contribution in [-0.4, -0.2) is 39.1 Å². The highest BCUT2D eigenvalue weighted by atomic mass is 32.2. The Morgan fingerprint density at radius 1 is 1.08 bits per heavy atom. The van der Waals surface area contributed by atoms with E-state index in [2.05, 4.69) is 5.32 Å². The number of nitrogens with one attached hydrogen (secondary N) is 1. The predicted octanol–water partition coefficient (Wildman–Crippen LogP) is 1.69. The molecule has 0 unspecified atom stereocenters. The third-order valence-corrected chi connectivity index (χ3v) is 5.47. The van der Waals surface area contributed by atoms with Crippen LogP contribution in [0, 0.1) is 6.92 Å². The Hall–Kier alpha value is -2.38. The molecule has 0 atom stereocenters. The maximum Gasteiger partial charge on any atom is 0.264 e. The van der Waals surface area contributed by atoms with Crippen LogP contribution in [0.5, 0.6) is 0 Å². The molecular weight excluding hydrogens is 340 g/mol. The van der Waals surface area contributed by atoms with E-state index >= 15 is 0 Å². The average Bonchev–Trinajstić information content (AvgIpc) is 2.61. The molecule has 7 heteroatoms. The Balaban J connectivity index is 2.28. The van der Waals surface area contributed by atoms with Gasteiger partial charge in [-0.05, 0) is 31.2 Å². The molecule has 6 nitrogen and oxygen atoms in total. The van der Waals surface area contributed by atoms with Crippen LogP contribution in [0.15, 0.2) is 59.5 Å². The van der Waals surface area contributed by atoms with Crippen molar-refractivity contribution < 1.29 is 18.3 Å². The van der Waals surface area contributed by atoms with E-state index in [0.717, 1.165) is 5.56 Å².